The second kappa shape index (κ2) is 11.5. The van der Waals surface area contributed by atoms with E-state index in [1.807, 2.05) is 7.05 Å². The molecule has 0 radical (unpaired) electrons. The fourth-order valence-electron chi connectivity index (χ4n) is 3.00. The Kier molecular flexibility index (Phi) is 10.1. The number of hydrogen-bond donors (Lipinski definition) is 2. The van der Waals surface area contributed by atoms with Gasteiger partial charge in [0.1, 0.15) is 0 Å². The Bertz CT molecular complexity index is 498. The number of aliphatic imine (C=N–C) groups is 1. The largest absolute Gasteiger partial charge is 0.369 e. The van der Waals surface area contributed by atoms with Crippen LogP contribution in [0.1, 0.15) is 18.4 Å². The van der Waals surface area contributed by atoms with Gasteiger partial charge in [-0.15, -0.1) is 24.0 Å². The summed E-state index contributed by atoms with van der Waals surface area (Å²) in [4.78, 5) is 9.20. The molecule has 1 aliphatic rings. The van der Waals surface area contributed by atoms with Crippen LogP contribution in [0.4, 0.5) is 5.69 Å². The lowest BCUT2D eigenvalue weighted by molar-refractivity contribution is 0.253. The molecule has 1 aliphatic heterocycles. The third kappa shape index (κ3) is 6.84. The van der Waals surface area contributed by atoms with E-state index < -0.39 is 0 Å². The molecule has 0 spiro atoms. The number of benzene rings is 1. The van der Waals surface area contributed by atoms with Crippen LogP contribution in [0.15, 0.2) is 29.3 Å². The van der Waals surface area contributed by atoms with E-state index in [2.05, 4.69) is 56.6 Å². The zero-order chi connectivity index (χ0) is 16.5. The van der Waals surface area contributed by atoms with Gasteiger partial charge in [0, 0.05) is 52.5 Å². The van der Waals surface area contributed by atoms with Gasteiger partial charge in [0.05, 0.1) is 0 Å². The maximum absolute atomic E-state index is 4.12. The molecule has 24 heavy (non-hydrogen) atoms. The van der Waals surface area contributed by atoms with Crippen LogP contribution < -0.4 is 15.5 Å². The molecule has 6 heteroatoms. The van der Waals surface area contributed by atoms with E-state index in [1.54, 1.807) is 7.05 Å². The van der Waals surface area contributed by atoms with E-state index in [0.717, 1.165) is 25.6 Å². The van der Waals surface area contributed by atoms with E-state index in [4.69, 9.17) is 0 Å². The predicted octanol–water partition coefficient (Wildman–Crippen LogP) is 2.31. The summed E-state index contributed by atoms with van der Waals surface area (Å²) in [6.07, 6.45) is 2.41. The lowest BCUT2D eigenvalue weighted by Gasteiger charge is -2.36. The monoisotopic (exact) mass is 445 g/mol. The number of rotatable bonds is 6. The van der Waals surface area contributed by atoms with Gasteiger partial charge in [-0.25, -0.2) is 0 Å². The van der Waals surface area contributed by atoms with Gasteiger partial charge in [-0.3, -0.25) is 9.89 Å². The highest BCUT2D eigenvalue weighted by Crippen LogP contribution is 2.17. The number of nitrogens with zero attached hydrogens (tertiary/aromatic N) is 3. The van der Waals surface area contributed by atoms with E-state index in [-0.39, 0.29) is 24.0 Å². The van der Waals surface area contributed by atoms with Crippen molar-refractivity contribution in [2.24, 2.45) is 4.99 Å². The molecule has 1 saturated heterocycles. The molecule has 1 aromatic rings. The zero-order valence-electron chi connectivity index (χ0n) is 15.2. The highest BCUT2D eigenvalue weighted by Gasteiger charge is 2.16. The molecule has 1 fully saturated rings. The van der Waals surface area contributed by atoms with E-state index in [0.29, 0.717) is 0 Å². The van der Waals surface area contributed by atoms with E-state index in [9.17, 15) is 0 Å². The number of anilines is 1. The van der Waals surface area contributed by atoms with E-state index in [1.165, 1.54) is 43.7 Å². The van der Waals surface area contributed by atoms with Gasteiger partial charge < -0.3 is 15.5 Å². The van der Waals surface area contributed by atoms with Crippen LogP contribution >= 0.6 is 24.0 Å². The summed E-state index contributed by atoms with van der Waals surface area (Å²) in [6.45, 7) is 8.94. The van der Waals surface area contributed by atoms with Crippen molar-refractivity contribution < 1.29 is 0 Å². The topological polar surface area (TPSA) is 42.9 Å². The highest BCUT2D eigenvalue weighted by atomic mass is 127. The SMILES string of the molecule is CN=C(NC)NCCCCN1CCN(c2cccc(C)c2)CC1.I. The number of piperazine rings is 1. The molecule has 1 aromatic carbocycles. The predicted molar refractivity (Wildman–Crippen MR) is 115 cm³/mol. The average molecular weight is 445 g/mol. The molecule has 0 aromatic heterocycles. The smallest absolute Gasteiger partial charge is 0.190 e. The van der Waals surface area contributed by atoms with Crippen LogP contribution in [0.2, 0.25) is 0 Å². The first-order valence-electron chi connectivity index (χ1n) is 8.65. The Morgan fingerprint density at radius 3 is 2.54 bits per heavy atom. The van der Waals surface area contributed by atoms with Crippen LogP contribution in [-0.2, 0) is 0 Å². The van der Waals surface area contributed by atoms with Crippen molar-refractivity contribution in [2.75, 3.05) is 58.3 Å². The summed E-state index contributed by atoms with van der Waals surface area (Å²) in [5.41, 5.74) is 2.71. The summed E-state index contributed by atoms with van der Waals surface area (Å²) in [7, 11) is 3.69. The Labute approximate surface area is 163 Å². The van der Waals surface area contributed by atoms with Crippen molar-refractivity contribution in [3.63, 3.8) is 0 Å². The molecule has 2 rings (SSSR count). The van der Waals surface area contributed by atoms with Gasteiger partial charge in [-0.2, -0.15) is 0 Å². The number of hydrogen-bond acceptors (Lipinski definition) is 3. The second-order valence-corrected chi connectivity index (χ2v) is 6.12. The third-order valence-corrected chi connectivity index (χ3v) is 4.39. The number of aryl methyl sites for hydroxylation is 1. The van der Waals surface area contributed by atoms with Crippen LogP contribution in [0.25, 0.3) is 0 Å². The van der Waals surface area contributed by atoms with Crippen LogP contribution in [0.3, 0.4) is 0 Å². The minimum Gasteiger partial charge on any atom is -0.369 e. The van der Waals surface area contributed by atoms with Crippen molar-refractivity contribution in [1.29, 1.82) is 0 Å². The molecule has 0 unspecified atom stereocenters. The standard InChI is InChI=1S/C18H31N5.HI/c1-16-7-6-8-17(15-16)23-13-11-22(12-14-23)10-5-4-9-21-18(19-2)20-3;/h6-8,15H,4-5,9-14H2,1-3H3,(H2,19,20,21);1H. The van der Waals surface area contributed by atoms with Crippen molar-refractivity contribution in [2.45, 2.75) is 19.8 Å². The van der Waals surface area contributed by atoms with Gasteiger partial charge in [-0.1, -0.05) is 12.1 Å². The summed E-state index contributed by atoms with van der Waals surface area (Å²) in [5.74, 6) is 0.872. The van der Waals surface area contributed by atoms with Crippen molar-refractivity contribution in [3.8, 4) is 0 Å². The summed E-state index contributed by atoms with van der Waals surface area (Å²) >= 11 is 0. The first-order valence-corrected chi connectivity index (χ1v) is 8.65. The van der Waals surface area contributed by atoms with Crippen molar-refractivity contribution in [1.82, 2.24) is 15.5 Å². The number of nitrogens with one attached hydrogen (secondary N) is 2. The Morgan fingerprint density at radius 1 is 1.17 bits per heavy atom. The fraction of sp³-hybridized carbons (Fsp3) is 0.611. The molecule has 0 aliphatic carbocycles. The minimum atomic E-state index is 0. The minimum absolute atomic E-state index is 0. The molecule has 0 bridgehead atoms. The van der Waals surface area contributed by atoms with Gasteiger partial charge in [-0.05, 0) is 44.0 Å². The molecule has 0 saturated carbocycles. The first kappa shape index (κ1) is 21.0. The fourth-order valence-corrected chi connectivity index (χ4v) is 3.00. The molecule has 136 valence electrons. The molecule has 0 amide bonds. The van der Waals surface area contributed by atoms with Crippen LogP contribution in [-0.4, -0.2) is 64.2 Å². The third-order valence-electron chi connectivity index (χ3n) is 4.39. The lowest BCUT2D eigenvalue weighted by Crippen LogP contribution is -2.46. The summed E-state index contributed by atoms with van der Waals surface area (Å²) in [5, 5.41) is 6.34. The normalized spacial score (nSPS) is 15.8. The second-order valence-electron chi connectivity index (χ2n) is 6.12. The highest BCUT2D eigenvalue weighted by molar-refractivity contribution is 14.0. The maximum Gasteiger partial charge on any atom is 0.190 e. The van der Waals surface area contributed by atoms with Crippen LogP contribution in [0.5, 0.6) is 0 Å². The van der Waals surface area contributed by atoms with Gasteiger partial charge >= 0.3 is 0 Å². The number of unbranched alkanes of at least 4 members (excludes halogenated alkanes) is 1. The van der Waals surface area contributed by atoms with Crippen molar-refractivity contribution in [3.05, 3.63) is 29.8 Å². The summed E-state index contributed by atoms with van der Waals surface area (Å²) in [6, 6.07) is 8.83. The molecule has 5 nitrogen and oxygen atoms in total. The van der Waals surface area contributed by atoms with Crippen molar-refractivity contribution >= 4 is 35.6 Å². The van der Waals surface area contributed by atoms with Gasteiger partial charge in [0.25, 0.3) is 0 Å². The maximum atomic E-state index is 4.12. The zero-order valence-corrected chi connectivity index (χ0v) is 17.5. The quantitative estimate of drug-likeness (QED) is 0.305. The molecular weight excluding hydrogens is 413 g/mol. The van der Waals surface area contributed by atoms with Crippen LogP contribution in [0, 0.1) is 6.92 Å². The Hall–Kier alpha value is -1.02. The Balaban J connectivity index is 0.00000288. The average Bonchev–Trinajstić information content (AvgIpc) is 2.59. The molecular formula is C18H32IN5. The molecule has 0 atom stereocenters. The van der Waals surface area contributed by atoms with Gasteiger partial charge in [0.15, 0.2) is 5.96 Å². The number of guanidine groups is 1. The summed E-state index contributed by atoms with van der Waals surface area (Å²) < 4.78 is 0. The van der Waals surface area contributed by atoms with Gasteiger partial charge in [0.2, 0.25) is 0 Å². The molecule has 2 N–H and O–H groups in total. The first-order chi connectivity index (χ1) is 11.2. The van der Waals surface area contributed by atoms with E-state index >= 15 is 0 Å². The molecule has 1 heterocycles. The number of halogens is 1. The lowest BCUT2D eigenvalue weighted by atomic mass is 10.2. The Morgan fingerprint density at radius 2 is 1.92 bits per heavy atom.